The molecule has 5 rings (SSSR count). The van der Waals surface area contributed by atoms with Gasteiger partial charge in [-0.15, -0.1) is 0 Å². The third-order valence-corrected chi connectivity index (χ3v) is 7.89. The Balaban J connectivity index is 1.30. The Kier molecular flexibility index (Phi) is 5.53. The number of nitrogens with one attached hydrogen (secondary N) is 2. The van der Waals surface area contributed by atoms with E-state index in [0.29, 0.717) is 12.1 Å². The van der Waals surface area contributed by atoms with Crippen LogP contribution in [0.3, 0.4) is 0 Å². The van der Waals surface area contributed by atoms with Crippen LogP contribution in [0.15, 0.2) is 46.2 Å². The van der Waals surface area contributed by atoms with Crippen LogP contribution in [0.2, 0.25) is 0 Å². The number of hydrogen-bond acceptors (Lipinski definition) is 3. The van der Waals surface area contributed by atoms with Crippen LogP contribution in [0.4, 0.5) is 11.4 Å². The molecule has 0 aromatic heterocycles. The quantitative estimate of drug-likeness (QED) is 0.489. The van der Waals surface area contributed by atoms with Crippen molar-refractivity contribution in [2.45, 2.75) is 92.5 Å². The summed E-state index contributed by atoms with van der Waals surface area (Å²) in [6, 6.07) is 15.4. The van der Waals surface area contributed by atoms with E-state index >= 15 is 0 Å². The van der Waals surface area contributed by atoms with Gasteiger partial charge in [-0.1, -0.05) is 62.4 Å². The minimum Gasteiger partial charge on any atom is -0.382 e. The normalized spacial score (nSPS) is 20.3. The third kappa shape index (κ3) is 4.20. The first-order valence-corrected chi connectivity index (χ1v) is 12.1. The molecule has 2 aromatic carbocycles. The Hall–Kier alpha value is -1.61. The molecule has 2 N–H and O–H groups in total. The van der Waals surface area contributed by atoms with Crippen molar-refractivity contribution in [2.24, 2.45) is 0 Å². The molecule has 0 unspecified atom stereocenters. The molecule has 28 heavy (non-hydrogen) atoms. The first-order chi connectivity index (χ1) is 13.8. The fourth-order valence-electron chi connectivity index (χ4n) is 5.06. The highest BCUT2D eigenvalue weighted by atomic mass is 32.2. The molecule has 148 valence electrons. The van der Waals surface area contributed by atoms with Crippen molar-refractivity contribution in [3.05, 3.63) is 47.5 Å². The molecule has 1 aliphatic heterocycles. The van der Waals surface area contributed by atoms with E-state index in [1.165, 1.54) is 96.5 Å². The molecule has 3 aliphatic rings. The summed E-state index contributed by atoms with van der Waals surface area (Å²) in [5.74, 6) is 0. The van der Waals surface area contributed by atoms with E-state index in [-0.39, 0.29) is 0 Å². The molecule has 2 saturated carbocycles. The zero-order valence-corrected chi connectivity index (χ0v) is 17.6. The van der Waals surface area contributed by atoms with Gasteiger partial charge in [0.05, 0.1) is 0 Å². The number of hydrogen-bond donors (Lipinski definition) is 2. The summed E-state index contributed by atoms with van der Waals surface area (Å²) in [6.45, 7) is 0. The molecule has 0 radical (unpaired) electrons. The van der Waals surface area contributed by atoms with Crippen LogP contribution < -0.4 is 10.6 Å². The summed E-state index contributed by atoms with van der Waals surface area (Å²) >= 11 is 1.95. The zero-order valence-electron chi connectivity index (χ0n) is 16.8. The van der Waals surface area contributed by atoms with Gasteiger partial charge in [-0.05, 0) is 67.5 Å². The monoisotopic (exact) mass is 392 g/mol. The van der Waals surface area contributed by atoms with Gasteiger partial charge < -0.3 is 10.6 Å². The summed E-state index contributed by atoms with van der Waals surface area (Å²) in [6.07, 6.45) is 14.7. The Labute approximate surface area is 173 Å². The van der Waals surface area contributed by atoms with E-state index in [9.17, 15) is 0 Å². The van der Waals surface area contributed by atoms with E-state index in [2.05, 4.69) is 47.0 Å². The lowest BCUT2D eigenvalue weighted by atomic mass is 9.95. The highest BCUT2D eigenvalue weighted by Gasteiger charge is 2.19. The van der Waals surface area contributed by atoms with Crippen LogP contribution in [-0.4, -0.2) is 12.1 Å². The number of rotatable bonds is 4. The van der Waals surface area contributed by atoms with Crippen LogP contribution in [-0.2, 0) is 6.42 Å². The van der Waals surface area contributed by atoms with E-state index in [1.807, 2.05) is 11.8 Å². The topological polar surface area (TPSA) is 24.1 Å². The summed E-state index contributed by atoms with van der Waals surface area (Å²) in [7, 11) is 0. The second-order valence-corrected chi connectivity index (χ2v) is 9.97. The molecular formula is C25H32N2S. The molecule has 2 aliphatic carbocycles. The minimum absolute atomic E-state index is 0.666. The predicted molar refractivity (Wildman–Crippen MR) is 121 cm³/mol. The van der Waals surface area contributed by atoms with Crippen LogP contribution in [0.25, 0.3) is 0 Å². The molecule has 0 amide bonds. The van der Waals surface area contributed by atoms with Gasteiger partial charge in [0.15, 0.2) is 0 Å². The number of anilines is 2. The average molecular weight is 393 g/mol. The molecule has 2 nitrogen and oxygen atoms in total. The summed E-state index contributed by atoms with van der Waals surface area (Å²) < 4.78 is 0. The number of benzene rings is 2. The van der Waals surface area contributed by atoms with Crippen molar-refractivity contribution < 1.29 is 0 Å². The zero-order chi connectivity index (χ0) is 18.8. The lowest BCUT2D eigenvalue weighted by molar-refractivity contribution is 0.462. The SMILES string of the molecule is c1cc2c(cc1NC1CCCCC1)Sc1cc(NC3CCCCC3)ccc1C2. The molecule has 0 bridgehead atoms. The maximum Gasteiger partial charge on any atom is 0.0353 e. The van der Waals surface area contributed by atoms with Gasteiger partial charge in [0.2, 0.25) is 0 Å². The van der Waals surface area contributed by atoms with Gasteiger partial charge in [0.25, 0.3) is 0 Å². The minimum atomic E-state index is 0.666. The first-order valence-electron chi connectivity index (χ1n) is 11.3. The molecule has 0 spiro atoms. The second-order valence-electron chi connectivity index (χ2n) is 8.88. The Morgan fingerprint density at radius 2 is 1.07 bits per heavy atom. The van der Waals surface area contributed by atoms with Crippen LogP contribution in [0, 0.1) is 0 Å². The molecule has 2 aromatic rings. The summed E-state index contributed by atoms with van der Waals surface area (Å²) in [4.78, 5) is 2.87. The largest absolute Gasteiger partial charge is 0.382 e. The van der Waals surface area contributed by atoms with Gasteiger partial charge >= 0.3 is 0 Å². The lowest BCUT2D eigenvalue weighted by Crippen LogP contribution is -2.22. The standard InChI is InChI=1S/C25H32N2S/c1-3-7-20(8-4-1)26-22-13-11-18-15-19-12-14-23(17-25(19)28-24(18)16-22)27-21-9-5-2-6-10-21/h11-14,16-17,20-21,26-27H,1-10,15H2. The van der Waals surface area contributed by atoms with Crippen molar-refractivity contribution in [1.29, 1.82) is 0 Å². The highest BCUT2D eigenvalue weighted by Crippen LogP contribution is 2.42. The predicted octanol–water partition coefficient (Wildman–Crippen LogP) is 7.23. The Morgan fingerprint density at radius 1 is 0.607 bits per heavy atom. The average Bonchev–Trinajstić information content (AvgIpc) is 2.74. The van der Waals surface area contributed by atoms with Gasteiger partial charge in [0, 0.05) is 33.2 Å². The molecule has 1 heterocycles. The van der Waals surface area contributed by atoms with Gasteiger partial charge in [0.1, 0.15) is 0 Å². The third-order valence-electron chi connectivity index (χ3n) is 6.69. The molecule has 2 fully saturated rings. The van der Waals surface area contributed by atoms with Crippen molar-refractivity contribution in [3.8, 4) is 0 Å². The summed E-state index contributed by atoms with van der Waals surface area (Å²) in [5, 5.41) is 7.59. The second kappa shape index (κ2) is 8.41. The Bertz CT molecular complexity index is 752. The van der Waals surface area contributed by atoms with Gasteiger partial charge in [-0.25, -0.2) is 0 Å². The van der Waals surface area contributed by atoms with Crippen LogP contribution >= 0.6 is 11.8 Å². The number of fused-ring (bicyclic) bond motifs is 2. The van der Waals surface area contributed by atoms with Crippen molar-refractivity contribution >= 4 is 23.1 Å². The van der Waals surface area contributed by atoms with E-state index in [4.69, 9.17) is 0 Å². The fourth-order valence-corrected chi connectivity index (χ4v) is 6.21. The summed E-state index contributed by atoms with van der Waals surface area (Å²) in [5.41, 5.74) is 5.55. The van der Waals surface area contributed by atoms with E-state index < -0.39 is 0 Å². The van der Waals surface area contributed by atoms with Crippen LogP contribution in [0.1, 0.15) is 75.3 Å². The molecular weight excluding hydrogens is 360 g/mol. The van der Waals surface area contributed by atoms with Crippen molar-refractivity contribution in [1.82, 2.24) is 0 Å². The maximum atomic E-state index is 3.79. The van der Waals surface area contributed by atoms with E-state index in [1.54, 1.807) is 0 Å². The fraction of sp³-hybridized carbons (Fsp3) is 0.520. The van der Waals surface area contributed by atoms with Crippen molar-refractivity contribution in [2.75, 3.05) is 10.6 Å². The highest BCUT2D eigenvalue weighted by molar-refractivity contribution is 7.99. The molecule has 0 saturated heterocycles. The van der Waals surface area contributed by atoms with E-state index in [0.717, 1.165) is 6.42 Å². The van der Waals surface area contributed by atoms with Gasteiger partial charge in [-0.2, -0.15) is 0 Å². The lowest BCUT2D eigenvalue weighted by Gasteiger charge is -2.26. The maximum absolute atomic E-state index is 3.79. The van der Waals surface area contributed by atoms with Gasteiger partial charge in [-0.3, -0.25) is 0 Å². The smallest absolute Gasteiger partial charge is 0.0353 e. The molecule has 3 heteroatoms. The molecule has 0 atom stereocenters. The van der Waals surface area contributed by atoms with Crippen molar-refractivity contribution in [3.63, 3.8) is 0 Å². The van der Waals surface area contributed by atoms with Crippen LogP contribution in [0.5, 0.6) is 0 Å². The Morgan fingerprint density at radius 3 is 1.54 bits per heavy atom. The first kappa shape index (κ1) is 18.4.